The number of aromatic carboxylic acids is 1. The zero-order chi connectivity index (χ0) is 16.2. The molecule has 6 nitrogen and oxygen atoms in total. The van der Waals surface area contributed by atoms with E-state index in [-0.39, 0.29) is 22.9 Å². The van der Waals surface area contributed by atoms with E-state index in [1.165, 1.54) is 6.07 Å². The number of carbonyl (C=O) groups excluding carboxylic acids is 1. The topological polar surface area (TPSA) is 92.4 Å². The van der Waals surface area contributed by atoms with Crippen LogP contribution < -0.4 is 5.32 Å². The maximum Gasteiger partial charge on any atom is 0.337 e. The van der Waals surface area contributed by atoms with Gasteiger partial charge in [0.2, 0.25) is 5.91 Å². The smallest absolute Gasteiger partial charge is 0.337 e. The van der Waals surface area contributed by atoms with Crippen molar-refractivity contribution in [2.45, 2.75) is 5.22 Å². The third kappa shape index (κ3) is 3.51. The van der Waals surface area contributed by atoms with E-state index in [0.29, 0.717) is 10.8 Å². The number of benzene rings is 2. The highest BCUT2D eigenvalue weighted by atomic mass is 32.2. The molecule has 1 amide bonds. The first-order valence-electron chi connectivity index (χ1n) is 6.74. The second kappa shape index (κ2) is 6.53. The molecule has 1 heterocycles. The number of hydrogen-bond acceptors (Lipinski definition) is 5. The molecule has 0 fully saturated rings. The number of rotatable bonds is 5. The molecule has 0 atom stereocenters. The number of fused-ring (bicyclic) bond motifs is 1. The molecule has 3 aromatic rings. The standard InChI is InChI=1S/C16H12N2O4S/c19-14(17-11-6-2-1-5-10(11)15(20)21)9-23-16-18-12-7-3-4-8-13(12)22-16/h1-8H,9H2,(H,17,19)(H,20,21). The molecule has 0 aliphatic rings. The molecule has 0 unspecified atom stereocenters. The van der Waals surface area contributed by atoms with Gasteiger partial charge in [0.1, 0.15) is 5.52 Å². The maximum atomic E-state index is 12.0. The van der Waals surface area contributed by atoms with E-state index in [4.69, 9.17) is 9.52 Å². The molecule has 7 heteroatoms. The van der Waals surface area contributed by atoms with Crippen LogP contribution in [0.15, 0.2) is 58.2 Å². The Morgan fingerprint density at radius 3 is 2.65 bits per heavy atom. The van der Waals surface area contributed by atoms with E-state index < -0.39 is 5.97 Å². The number of carboxylic acids is 1. The Morgan fingerprint density at radius 1 is 1.13 bits per heavy atom. The van der Waals surface area contributed by atoms with Gasteiger partial charge in [-0.05, 0) is 24.3 Å². The van der Waals surface area contributed by atoms with Crippen molar-refractivity contribution in [2.24, 2.45) is 0 Å². The highest BCUT2D eigenvalue weighted by molar-refractivity contribution is 7.99. The fourth-order valence-electron chi connectivity index (χ4n) is 2.00. The molecule has 0 aliphatic carbocycles. The van der Waals surface area contributed by atoms with Gasteiger partial charge in [0.05, 0.1) is 17.0 Å². The van der Waals surface area contributed by atoms with Crippen LogP contribution in [-0.4, -0.2) is 27.7 Å². The zero-order valence-corrected chi connectivity index (χ0v) is 12.7. The second-order valence-electron chi connectivity index (χ2n) is 4.64. The van der Waals surface area contributed by atoms with E-state index in [1.54, 1.807) is 24.3 Å². The third-order valence-electron chi connectivity index (χ3n) is 3.03. The monoisotopic (exact) mass is 328 g/mol. The SMILES string of the molecule is O=C(CSc1nc2ccccc2o1)Nc1ccccc1C(=O)O. The summed E-state index contributed by atoms with van der Waals surface area (Å²) in [6.07, 6.45) is 0. The van der Waals surface area contributed by atoms with Crippen LogP contribution in [0.25, 0.3) is 11.1 Å². The summed E-state index contributed by atoms with van der Waals surface area (Å²) in [6, 6.07) is 13.6. The average molecular weight is 328 g/mol. The Kier molecular flexibility index (Phi) is 4.29. The molecule has 0 saturated carbocycles. The van der Waals surface area contributed by atoms with Crippen LogP contribution in [-0.2, 0) is 4.79 Å². The highest BCUT2D eigenvalue weighted by Gasteiger charge is 2.13. The van der Waals surface area contributed by atoms with Gasteiger partial charge >= 0.3 is 5.97 Å². The maximum absolute atomic E-state index is 12.0. The number of hydrogen-bond donors (Lipinski definition) is 2. The number of oxazole rings is 1. The summed E-state index contributed by atoms with van der Waals surface area (Å²) in [5.74, 6) is -1.35. The van der Waals surface area contributed by atoms with Gasteiger partial charge in [-0.25, -0.2) is 9.78 Å². The molecule has 0 spiro atoms. The molecule has 0 radical (unpaired) electrons. The fraction of sp³-hybridized carbons (Fsp3) is 0.0625. The van der Waals surface area contributed by atoms with Gasteiger partial charge in [0, 0.05) is 0 Å². The van der Waals surface area contributed by atoms with Gasteiger partial charge in [0.15, 0.2) is 5.58 Å². The quantitative estimate of drug-likeness (QED) is 0.698. The van der Waals surface area contributed by atoms with Crippen LogP contribution in [0.3, 0.4) is 0 Å². The van der Waals surface area contributed by atoms with E-state index >= 15 is 0 Å². The number of para-hydroxylation sites is 3. The number of aromatic nitrogens is 1. The van der Waals surface area contributed by atoms with Crippen LogP contribution in [0, 0.1) is 0 Å². The van der Waals surface area contributed by atoms with Crippen LogP contribution in [0.4, 0.5) is 5.69 Å². The van der Waals surface area contributed by atoms with Gasteiger partial charge in [-0.15, -0.1) is 0 Å². The molecule has 2 aromatic carbocycles. The Bertz CT molecular complexity index is 842. The van der Waals surface area contributed by atoms with Gasteiger partial charge in [-0.1, -0.05) is 36.0 Å². The molecule has 3 rings (SSSR count). The largest absolute Gasteiger partial charge is 0.478 e. The van der Waals surface area contributed by atoms with E-state index in [0.717, 1.165) is 17.3 Å². The summed E-state index contributed by atoms with van der Waals surface area (Å²) in [5, 5.41) is 12.1. The predicted octanol–water partition coefficient (Wildman–Crippen LogP) is 3.26. The van der Waals surface area contributed by atoms with Crippen molar-refractivity contribution < 1.29 is 19.1 Å². The Morgan fingerprint density at radius 2 is 1.87 bits per heavy atom. The summed E-state index contributed by atoms with van der Waals surface area (Å²) < 4.78 is 5.51. The zero-order valence-electron chi connectivity index (χ0n) is 11.9. The molecule has 2 N–H and O–H groups in total. The molecular formula is C16H12N2O4S. The van der Waals surface area contributed by atoms with Crippen LogP contribution >= 0.6 is 11.8 Å². The molecule has 23 heavy (non-hydrogen) atoms. The van der Waals surface area contributed by atoms with Crippen molar-refractivity contribution in [1.29, 1.82) is 0 Å². The average Bonchev–Trinajstić information content (AvgIpc) is 2.96. The number of thioether (sulfide) groups is 1. The van der Waals surface area contributed by atoms with Crippen LogP contribution in [0.1, 0.15) is 10.4 Å². The van der Waals surface area contributed by atoms with Crippen molar-refractivity contribution in [3.8, 4) is 0 Å². The second-order valence-corrected chi connectivity index (χ2v) is 5.56. The highest BCUT2D eigenvalue weighted by Crippen LogP contribution is 2.23. The van der Waals surface area contributed by atoms with Crippen molar-refractivity contribution in [1.82, 2.24) is 4.98 Å². The molecule has 0 saturated heterocycles. The summed E-state index contributed by atoms with van der Waals surface area (Å²) in [6.45, 7) is 0. The Balaban J connectivity index is 1.65. The third-order valence-corrected chi connectivity index (χ3v) is 3.86. The fourth-order valence-corrected chi connectivity index (χ4v) is 2.64. The number of anilines is 1. The number of carboxylic acid groups (broad SMARTS) is 1. The molecule has 116 valence electrons. The summed E-state index contributed by atoms with van der Waals surface area (Å²) in [7, 11) is 0. The van der Waals surface area contributed by atoms with Crippen molar-refractivity contribution in [3.63, 3.8) is 0 Å². The Hall–Kier alpha value is -2.80. The minimum Gasteiger partial charge on any atom is -0.478 e. The lowest BCUT2D eigenvalue weighted by molar-refractivity contribution is -0.113. The van der Waals surface area contributed by atoms with E-state index in [2.05, 4.69) is 10.3 Å². The first-order chi connectivity index (χ1) is 11.1. The normalized spacial score (nSPS) is 10.6. The number of nitrogens with one attached hydrogen (secondary N) is 1. The number of nitrogens with zero attached hydrogens (tertiary/aromatic N) is 1. The summed E-state index contributed by atoms with van der Waals surface area (Å²) in [5.41, 5.74) is 1.70. The lowest BCUT2D eigenvalue weighted by Gasteiger charge is -2.07. The van der Waals surface area contributed by atoms with Crippen molar-refractivity contribution >= 4 is 40.4 Å². The molecular weight excluding hydrogens is 316 g/mol. The van der Waals surface area contributed by atoms with Gasteiger partial charge in [-0.2, -0.15) is 0 Å². The molecule has 0 bridgehead atoms. The van der Waals surface area contributed by atoms with Crippen molar-refractivity contribution in [2.75, 3.05) is 11.1 Å². The van der Waals surface area contributed by atoms with Crippen LogP contribution in [0.5, 0.6) is 0 Å². The first kappa shape index (κ1) is 15.1. The van der Waals surface area contributed by atoms with Gasteiger partial charge in [0.25, 0.3) is 5.22 Å². The lowest BCUT2D eigenvalue weighted by atomic mass is 10.2. The van der Waals surface area contributed by atoms with E-state index in [9.17, 15) is 9.59 Å². The minimum absolute atomic E-state index is 0.0488. The van der Waals surface area contributed by atoms with E-state index in [1.807, 2.05) is 18.2 Å². The first-order valence-corrected chi connectivity index (χ1v) is 7.72. The van der Waals surface area contributed by atoms with Gasteiger partial charge < -0.3 is 14.8 Å². The Labute approximate surface area is 135 Å². The predicted molar refractivity (Wildman–Crippen MR) is 86.8 cm³/mol. The van der Waals surface area contributed by atoms with Crippen LogP contribution in [0.2, 0.25) is 0 Å². The van der Waals surface area contributed by atoms with Crippen molar-refractivity contribution in [3.05, 3.63) is 54.1 Å². The number of amides is 1. The number of carbonyl (C=O) groups is 2. The summed E-state index contributed by atoms with van der Waals surface area (Å²) in [4.78, 5) is 27.3. The lowest BCUT2D eigenvalue weighted by Crippen LogP contribution is -2.16. The minimum atomic E-state index is -1.09. The van der Waals surface area contributed by atoms with Gasteiger partial charge in [-0.3, -0.25) is 4.79 Å². The summed E-state index contributed by atoms with van der Waals surface area (Å²) >= 11 is 1.15. The molecule has 1 aromatic heterocycles. The molecule has 0 aliphatic heterocycles.